The predicted molar refractivity (Wildman–Crippen MR) is 63.8 cm³/mol. The molecule has 1 radical (unpaired) electrons. The van der Waals surface area contributed by atoms with Crippen LogP contribution in [0.25, 0.3) is 0 Å². The number of aliphatic hydroxyl groups is 1. The number of hydrogen-bond acceptors (Lipinski definition) is 10. The van der Waals surface area contributed by atoms with Crippen molar-refractivity contribution in [2.45, 2.75) is 27.7 Å². The van der Waals surface area contributed by atoms with Gasteiger partial charge < -0.3 is 49.0 Å². The molecule has 22 heavy (non-hydrogen) atoms. The van der Waals surface area contributed by atoms with Crippen molar-refractivity contribution in [1.29, 1.82) is 0 Å². The van der Waals surface area contributed by atoms with Crippen LogP contribution in [0, 0.1) is 0 Å². The van der Waals surface area contributed by atoms with Crippen LogP contribution in [0.2, 0.25) is 0 Å². The molecular formula is C11H21O10Ti. The van der Waals surface area contributed by atoms with Crippen molar-refractivity contribution >= 4 is 18.5 Å². The Bertz CT molecular complexity index is 209. The molecule has 0 aliphatic carbocycles. The smallest absolute Gasteiger partial charge is 0.550 e. The summed E-state index contributed by atoms with van der Waals surface area (Å²) in [6, 6.07) is 0. The van der Waals surface area contributed by atoms with Crippen molar-refractivity contribution in [2.24, 2.45) is 0 Å². The van der Waals surface area contributed by atoms with E-state index in [0.717, 1.165) is 0 Å². The molecule has 10 nitrogen and oxygen atoms in total. The van der Waals surface area contributed by atoms with E-state index in [-0.39, 0.29) is 48.1 Å². The van der Waals surface area contributed by atoms with E-state index in [1.807, 2.05) is 0 Å². The zero-order valence-corrected chi connectivity index (χ0v) is 14.5. The number of carboxylic acid groups (broad SMARTS) is 3. The van der Waals surface area contributed by atoms with E-state index < -0.39 is 18.5 Å². The number of rotatable bonds is 3. The van der Waals surface area contributed by atoms with Gasteiger partial charge in [-0.1, -0.05) is 0 Å². The summed E-state index contributed by atoms with van der Waals surface area (Å²) in [6.07, 6.45) is -4.38. The molecule has 0 aliphatic heterocycles. The topological polar surface area (TPSA) is 168 Å². The Balaban J connectivity index is -0.0000000591. The van der Waals surface area contributed by atoms with Gasteiger partial charge >= 0.3 is 21.7 Å². The normalized spacial score (nSPS) is 6.95. The third kappa shape index (κ3) is 101. The number of ether oxygens (including phenoxy) is 3. The second-order valence-corrected chi connectivity index (χ2v) is 2.37. The molecule has 0 aliphatic rings. The van der Waals surface area contributed by atoms with E-state index in [0.29, 0.717) is 0 Å². The fraction of sp³-hybridized carbons (Fsp3) is 0.727. The van der Waals surface area contributed by atoms with Gasteiger partial charge in [0, 0.05) is 26.4 Å². The van der Waals surface area contributed by atoms with Gasteiger partial charge in [0.1, 0.15) is 0 Å². The third-order valence-corrected chi connectivity index (χ3v) is 0.787. The van der Waals surface area contributed by atoms with Crippen molar-refractivity contribution in [3.05, 3.63) is 0 Å². The van der Waals surface area contributed by atoms with Crippen LogP contribution in [0.15, 0.2) is 0 Å². The predicted octanol–water partition coefficient (Wildman–Crippen LogP) is -1.91. The summed E-state index contributed by atoms with van der Waals surface area (Å²) in [5.41, 5.74) is 0. The van der Waals surface area contributed by atoms with Crippen LogP contribution in [0.3, 0.4) is 0 Å². The van der Waals surface area contributed by atoms with Gasteiger partial charge in [0.25, 0.3) is 18.5 Å². The van der Waals surface area contributed by atoms with Crippen LogP contribution in [0.5, 0.6) is 0 Å². The Hall–Kier alpha value is -1.52. The Labute approximate surface area is 143 Å². The van der Waals surface area contributed by atoms with Crippen LogP contribution in [-0.4, -0.2) is 50.0 Å². The maximum Gasteiger partial charge on any atom is 3.00 e. The quantitative estimate of drug-likeness (QED) is 0.340. The summed E-state index contributed by atoms with van der Waals surface area (Å²) >= 11 is 0. The van der Waals surface area contributed by atoms with E-state index in [2.05, 4.69) is 14.2 Å². The third-order valence-electron chi connectivity index (χ3n) is 0.787. The zero-order valence-electron chi connectivity index (χ0n) is 12.9. The molecule has 129 valence electrons. The molecular weight excluding hydrogens is 340 g/mol. The van der Waals surface area contributed by atoms with Crippen LogP contribution >= 0.6 is 0 Å². The van der Waals surface area contributed by atoms with Crippen molar-refractivity contribution in [2.75, 3.05) is 26.4 Å². The molecule has 0 unspecified atom stereocenters. The van der Waals surface area contributed by atoms with Crippen molar-refractivity contribution in [3.8, 4) is 0 Å². The summed E-state index contributed by atoms with van der Waals surface area (Å²) in [5.74, 6) is 0. The van der Waals surface area contributed by atoms with Gasteiger partial charge in [0.05, 0.1) is 0 Å². The number of hydrogen-bond donors (Lipinski definition) is 1. The summed E-state index contributed by atoms with van der Waals surface area (Å²) in [4.78, 5) is 27.8. The van der Waals surface area contributed by atoms with E-state index in [4.69, 9.17) is 5.11 Å². The van der Waals surface area contributed by atoms with Crippen LogP contribution < -0.4 is 15.3 Å². The zero-order chi connectivity index (χ0) is 17.7. The van der Waals surface area contributed by atoms with Gasteiger partial charge in [-0.15, -0.1) is 0 Å². The SMILES string of the molecule is CCO.CCOC(=O)[O-].CCOC(=O)[O-].CCOC(=O)[O-].[Ti+3]. The monoisotopic (exact) mass is 361 g/mol. The van der Waals surface area contributed by atoms with Crippen molar-refractivity contribution in [1.82, 2.24) is 0 Å². The molecule has 0 aromatic heterocycles. The molecule has 0 rings (SSSR count). The number of carbonyl (C=O) groups is 3. The molecule has 0 aromatic carbocycles. The van der Waals surface area contributed by atoms with Crippen molar-refractivity contribution in [3.63, 3.8) is 0 Å². The van der Waals surface area contributed by atoms with E-state index in [9.17, 15) is 29.7 Å². The summed E-state index contributed by atoms with van der Waals surface area (Å²) in [7, 11) is 0. The van der Waals surface area contributed by atoms with Gasteiger partial charge in [0.15, 0.2) is 0 Å². The Morgan fingerprint density at radius 1 is 0.727 bits per heavy atom. The van der Waals surface area contributed by atoms with Gasteiger partial charge in [-0.2, -0.15) is 0 Å². The Kier molecular flexibility index (Phi) is 46.8. The fourth-order valence-electron chi connectivity index (χ4n) is 0.354. The number of carbonyl (C=O) groups excluding carboxylic acids is 3. The number of aliphatic hydroxyl groups excluding tert-OH is 1. The summed E-state index contributed by atoms with van der Waals surface area (Å²) in [6.45, 7) is 7.17. The van der Waals surface area contributed by atoms with Crippen molar-refractivity contribution < 1.29 is 70.7 Å². The first-order valence-electron chi connectivity index (χ1n) is 5.85. The Morgan fingerprint density at radius 2 is 0.864 bits per heavy atom. The molecule has 0 bridgehead atoms. The molecule has 0 heterocycles. The van der Waals surface area contributed by atoms with Gasteiger partial charge in [-0.05, 0) is 27.7 Å². The van der Waals surface area contributed by atoms with Crippen LogP contribution in [0.1, 0.15) is 27.7 Å². The van der Waals surface area contributed by atoms with Gasteiger partial charge in [-0.25, -0.2) is 0 Å². The molecule has 0 spiro atoms. The first kappa shape index (κ1) is 32.4. The minimum atomic E-state index is -1.46. The second kappa shape index (κ2) is 31.7. The molecule has 1 N–H and O–H groups in total. The first-order chi connectivity index (χ1) is 9.72. The maximum atomic E-state index is 9.27. The Morgan fingerprint density at radius 3 is 0.864 bits per heavy atom. The van der Waals surface area contributed by atoms with E-state index in [1.54, 1.807) is 27.7 Å². The minimum Gasteiger partial charge on any atom is -0.550 e. The largest absolute Gasteiger partial charge is 3.00 e. The fourth-order valence-corrected chi connectivity index (χ4v) is 0.354. The molecule has 11 heteroatoms. The van der Waals surface area contributed by atoms with Gasteiger partial charge in [-0.3, -0.25) is 0 Å². The summed E-state index contributed by atoms with van der Waals surface area (Å²) in [5, 5.41) is 35.4. The average Bonchev–Trinajstić information content (AvgIpc) is 2.30. The molecule has 0 saturated heterocycles. The molecule has 0 saturated carbocycles. The average molecular weight is 361 g/mol. The van der Waals surface area contributed by atoms with E-state index in [1.165, 1.54) is 0 Å². The summed E-state index contributed by atoms with van der Waals surface area (Å²) < 4.78 is 11.5. The van der Waals surface area contributed by atoms with E-state index >= 15 is 0 Å². The minimum absolute atomic E-state index is 0. The molecule has 0 aromatic rings. The molecule has 0 fully saturated rings. The van der Waals surface area contributed by atoms with Crippen LogP contribution in [0.4, 0.5) is 14.4 Å². The van der Waals surface area contributed by atoms with Crippen LogP contribution in [-0.2, 0) is 35.9 Å². The standard InChI is InChI=1S/3C3H6O3.C2H6O.Ti/c3*1-2-6-3(4)5;1-2-3;/h3*2H2,1H3,(H,4,5);3H,2H2,1H3;/q;;;;+3/p-3. The second-order valence-electron chi connectivity index (χ2n) is 2.37. The first-order valence-corrected chi connectivity index (χ1v) is 5.85. The van der Waals surface area contributed by atoms with Gasteiger partial charge in [0.2, 0.25) is 0 Å². The molecule has 0 atom stereocenters. The molecule has 0 amide bonds. The maximum absolute atomic E-state index is 9.27.